The number of H-pyrrole nitrogens is 1. The molecule has 3 heteroatoms. The predicted molar refractivity (Wildman–Crippen MR) is 48.0 cm³/mol. The Morgan fingerprint density at radius 1 is 1.23 bits per heavy atom. The Kier molecular flexibility index (Phi) is 2.00. The van der Waals surface area contributed by atoms with Gasteiger partial charge < -0.3 is 4.98 Å². The van der Waals surface area contributed by atoms with Gasteiger partial charge in [0.1, 0.15) is 0 Å². The molecule has 0 bridgehead atoms. The van der Waals surface area contributed by atoms with Gasteiger partial charge in [0.15, 0.2) is 0 Å². The van der Waals surface area contributed by atoms with Gasteiger partial charge >= 0.3 is 0 Å². The van der Waals surface area contributed by atoms with Gasteiger partial charge in [0.2, 0.25) is 6.43 Å². The highest BCUT2D eigenvalue weighted by Crippen LogP contribution is 2.16. The number of aromatic nitrogens is 1. The Bertz CT molecular complexity index is 406. The second kappa shape index (κ2) is 3.17. The molecule has 0 atom stereocenters. The summed E-state index contributed by atoms with van der Waals surface area (Å²) in [6.07, 6.45) is -0.630. The first-order valence-corrected chi connectivity index (χ1v) is 4.10. The van der Waals surface area contributed by atoms with Gasteiger partial charge in [0.25, 0.3) is 0 Å². The number of hydrogen-bond acceptors (Lipinski definition) is 0. The topological polar surface area (TPSA) is 15.8 Å². The first-order chi connectivity index (χ1) is 6.25. The van der Waals surface area contributed by atoms with Gasteiger partial charge in [0.05, 0.1) is 0 Å². The largest absolute Gasteiger partial charge is 0.361 e. The van der Waals surface area contributed by atoms with E-state index in [4.69, 9.17) is 0 Å². The highest BCUT2D eigenvalue weighted by atomic mass is 19.3. The van der Waals surface area contributed by atoms with E-state index in [2.05, 4.69) is 4.98 Å². The van der Waals surface area contributed by atoms with Crippen LogP contribution >= 0.6 is 0 Å². The SMILES string of the molecule is FC(F)Cc1ccc2[nH]ccc2c1. The van der Waals surface area contributed by atoms with E-state index in [0.717, 1.165) is 10.9 Å². The van der Waals surface area contributed by atoms with Crippen LogP contribution in [0.15, 0.2) is 30.5 Å². The second-order valence-electron chi connectivity index (χ2n) is 2.99. The van der Waals surface area contributed by atoms with Crippen LogP contribution in [0, 0.1) is 0 Å². The Labute approximate surface area is 74.4 Å². The summed E-state index contributed by atoms with van der Waals surface area (Å²) in [7, 11) is 0. The molecule has 0 fully saturated rings. The van der Waals surface area contributed by atoms with Crippen molar-refractivity contribution in [2.45, 2.75) is 12.8 Å². The summed E-state index contributed by atoms with van der Waals surface area (Å²) in [5.41, 5.74) is 1.67. The zero-order valence-electron chi connectivity index (χ0n) is 6.93. The first kappa shape index (κ1) is 8.23. The number of hydrogen-bond donors (Lipinski definition) is 1. The molecule has 0 spiro atoms. The van der Waals surface area contributed by atoms with Crippen molar-refractivity contribution in [3.05, 3.63) is 36.0 Å². The molecule has 0 radical (unpaired) electrons. The van der Waals surface area contributed by atoms with E-state index in [1.165, 1.54) is 0 Å². The van der Waals surface area contributed by atoms with E-state index in [1.807, 2.05) is 12.1 Å². The summed E-state index contributed by atoms with van der Waals surface area (Å²) in [6.45, 7) is 0. The van der Waals surface area contributed by atoms with E-state index in [1.54, 1.807) is 18.3 Å². The summed E-state index contributed by atoms with van der Waals surface area (Å²) in [5, 5.41) is 0.984. The van der Waals surface area contributed by atoms with E-state index in [-0.39, 0.29) is 6.42 Å². The molecular formula is C10H9F2N. The minimum atomic E-state index is -2.27. The van der Waals surface area contributed by atoms with Crippen LogP contribution in [0.2, 0.25) is 0 Å². The molecule has 0 unspecified atom stereocenters. The Morgan fingerprint density at radius 2 is 2.08 bits per heavy atom. The summed E-state index contributed by atoms with van der Waals surface area (Å²) in [4.78, 5) is 3.01. The van der Waals surface area contributed by atoms with Crippen LogP contribution in [0.5, 0.6) is 0 Å². The standard InChI is InChI=1S/C10H9F2N/c11-10(12)6-7-1-2-9-8(5-7)3-4-13-9/h1-5,10,13H,6H2. The van der Waals surface area contributed by atoms with Crippen LogP contribution < -0.4 is 0 Å². The number of rotatable bonds is 2. The average Bonchev–Trinajstić information content (AvgIpc) is 2.49. The van der Waals surface area contributed by atoms with Crippen LogP contribution in [-0.2, 0) is 6.42 Å². The third-order valence-corrected chi connectivity index (χ3v) is 2.01. The lowest BCUT2D eigenvalue weighted by Gasteiger charge is -1.99. The summed E-state index contributed by atoms with van der Waals surface area (Å²) >= 11 is 0. The van der Waals surface area contributed by atoms with E-state index >= 15 is 0 Å². The zero-order valence-corrected chi connectivity index (χ0v) is 6.93. The van der Waals surface area contributed by atoms with Crippen molar-refractivity contribution in [1.29, 1.82) is 0 Å². The lowest BCUT2D eigenvalue weighted by molar-refractivity contribution is 0.149. The molecule has 1 nitrogen and oxygen atoms in total. The fourth-order valence-electron chi connectivity index (χ4n) is 1.41. The highest BCUT2D eigenvalue weighted by Gasteiger charge is 2.04. The molecule has 2 aromatic rings. The lowest BCUT2D eigenvalue weighted by Crippen LogP contribution is -1.95. The fraction of sp³-hybridized carbons (Fsp3) is 0.200. The molecular weight excluding hydrogens is 172 g/mol. The number of benzene rings is 1. The maximum atomic E-state index is 12.0. The Morgan fingerprint density at radius 3 is 2.85 bits per heavy atom. The Hall–Kier alpha value is -1.38. The number of aromatic amines is 1. The molecule has 0 amide bonds. The van der Waals surface area contributed by atoms with Gasteiger partial charge in [0, 0.05) is 18.1 Å². The van der Waals surface area contributed by atoms with Crippen LogP contribution in [0.3, 0.4) is 0 Å². The van der Waals surface area contributed by atoms with Crippen molar-refractivity contribution in [1.82, 2.24) is 4.98 Å². The third-order valence-electron chi connectivity index (χ3n) is 2.01. The summed E-state index contributed by atoms with van der Waals surface area (Å²) in [5.74, 6) is 0. The maximum absolute atomic E-state index is 12.0. The number of fused-ring (bicyclic) bond motifs is 1. The van der Waals surface area contributed by atoms with Crippen LogP contribution in [-0.4, -0.2) is 11.4 Å². The van der Waals surface area contributed by atoms with Gasteiger partial charge in [-0.3, -0.25) is 0 Å². The molecule has 1 aromatic heterocycles. The summed E-state index contributed by atoms with van der Waals surface area (Å²) < 4.78 is 24.1. The molecule has 68 valence electrons. The minimum absolute atomic E-state index is 0.166. The highest BCUT2D eigenvalue weighted by molar-refractivity contribution is 5.79. The average molecular weight is 181 g/mol. The van der Waals surface area contributed by atoms with Crippen LogP contribution in [0.4, 0.5) is 8.78 Å². The maximum Gasteiger partial charge on any atom is 0.242 e. The molecule has 0 saturated carbocycles. The predicted octanol–water partition coefficient (Wildman–Crippen LogP) is 2.98. The van der Waals surface area contributed by atoms with Crippen molar-refractivity contribution in [3.8, 4) is 0 Å². The number of halogens is 2. The van der Waals surface area contributed by atoms with Gasteiger partial charge in [-0.15, -0.1) is 0 Å². The molecule has 0 aliphatic carbocycles. The van der Waals surface area contributed by atoms with Gasteiger partial charge in [-0.25, -0.2) is 8.78 Å². The fourth-order valence-corrected chi connectivity index (χ4v) is 1.41. The van der Waals surface area contributed by atoms with E-state index < -0.39 is 6.43 Å². The lowest BCUT2D eigenvalue weighted by atomic mass is 10.1. The van der Waals surface area contributed by atoms with Crippen molar-refractivity contribution in [2.75, 3.05) is 0 Å². The van der Waals surface area contributed by atoms with Crippen LogP contribution in [0.1, 0.15) is 5.56 Å². The first-order valence-electron chi connectivity index (χ1n) is 4.10. The molecule has 1 heterocycles. The molecule has 0 aliphatic rings. The van der Waals surface area contributed by atoms with Crippen molar-refractivity contribution in [2.24, 2.45) is 0 Å². The third kappa shape index (κ3) is 1.69. The van der Waals surface area contributed by atoms with Crippen LogP contribution in [0.25, 0.3) is 10.9 Å². The minimum Gasteiger partial charge on any atom is -0.361 e. The van der Waals surface area contributed by atoms with Crippen molar-refractivity contribution < 1.29 is 8.78 Å². The van der Waals surface area contributed by atoms with E-state index in [0.29, 0.717) is 5.56 Å². The molecule has 1 N–H and O–H groups in total. The van der Waals surface area contributed by atoms with Gasteiger partial charge in [-0.2, -0.15) is 0 Å². The molecule has 0 saturated heterocycles. The second-order valence-corrected chi connectivity index (χ2v) is 2.99. The molecule has 13 heavy (non-hydrogen) atoms. The zero-order chi connectivity index (χ0) is 9.26. The number of alkyl halides is 2. The molecule has 0 aliphatic heterocycles. The van der Waals surface area contributed by atoms with Crippen molar-refractivity contribution >= 4 is 10.9 Å². The van der Waals surface area contributed by atoms with Gasteiger partial charge in [-0.05, 0) is 29.1 Å². The smallest absolute Gasteiger partial charge is 0.242 e. The molecule has 1 aromatic carbocycles. The molecule has 2 rings (SSSR count). The van der Waals surface area contributed by atoms with E-state index in [9.17, 15) is 8.78 Å². The monoisotopic (exact) mass is 181 g/mol. The quantitative estimate of drug-likeness (QED) is 0.733. The number of nitrogens with one attached hydrogen (secondary N) is 1. The van der Waals surface area contributed by atoms with Crippen molar-refractivity contribution in [3.63, 3.8) is 0 Å². The Balaban J connectivity index is 2.37. The normalized spacial score (nSPS) is 11.3. The summed E-state index contributed by atoms with van der Waals surface area (Å²) in [6, 6.07) is 7.22. The van der Waals surface area contributed by atoms with Gasteiger partial charge in [-0.1, -0.05) is 6.07 Å².